The first kappa shape index (κ1) is 18.2. The smallest absolute Gasteiger partial charge is 0.220 e. The van der Waals surface area contributed by atoms with Crippen molar-refractivity contribution in [3.63, 3.8) is 0 Å². The Morgan fingerprint density at radius 1 is 1.58 bits per heavy atom. The summed E-state index contributed by atoms with van der Waals surface area (Å²) in [6, 6.07) is 2.01. The molecule has 110 valence electrons. The summed E-state index contributed by atoms with van der Waals surface area (Å²) in [4.78, 5) is 11.8. The zero-order valence-electron chi connectivity index (χ0n) is 11.0. The Balaban J connectivity index is 0.00000162. The summed E-state index contributed by atoms with van der Waals surface area (Å²) in [6.45, 7) is 4.75. The fourth-order valence-electron chi connectivity index (χ4n) is 2.22. The van der Waals surface area contributed by atoms with Gasteiger partial charge in [0.15, 0.2) is 0 Å². The van der Waals surface area contributed by atoms with Crippen LogP contribution < -0.4 is 10.6 Å². The molecule has 1 aliphatic rings. The van der Waals surface area contributed by atoms with Gasteiger partial charge in [-0.25, -0.2) is 0 Å². The molecule has 1 aromatic heterocycles. The Kier molecular flexibility index (Phi) is 8.80. The Hall–Kier alpha value is -0.780. The first-order valence-corrected chi connectivity index (χ1v) is 6.21. The van der Waals surface area contributed by atoms with Gasteiger partial charge in [0, 0.05) is 24.9 Å². The Morgan fingerprint density at radius 3 is 2.95 bits per heavy atom. The second kappa shape index (κ2) is 9.18. The molecule has 1 amide bonds. The van der Waals surface area contributed by atoms with Gasteiger partial charge in [-0.05, 0) is 38.4 Å². The molecule has 0 bridgehead atoms. The monoisotopic (exact) mass is 308 g/mol. The minimum absolute atomic E-state index is 0. The van der Waals surface area contributed by atoms with Crippen molar-refractivity contribution in [2.24, 2.45) is 5.92 Å². The molecule has 2 atom stereocenters. The standard InChI is InChI=1S/C12H20N4O.2ClH/c1-10(9-16-6-2-4-14-16)15-12(17)7-11-3-5-13-8-11;;/h2,4,6,10-11,13H,3,5,7-9H2,1H3,(H,15,17);2*1H. The molecule has 0 aromatic carbocycles. The van der Waals surface area contributed by atoms with E-state index in [0.29, 0.717) is 12.3 Å². The molecule has 1 aromatic rings. The van der Waals surface area contributed by atoms with E-state index in [1.165, 1.54) is 0 Å². The number of nitrogens with zero attached hydrogens (tertiary/aromatic N) is 2. The maximum absolute atomic E-state index is 11.8. The molecule has 19 heavy (non-hydrogen) atoms. The number of rotatable bonds is 5. The third-order valence-electron chi connectivity index (χ3n) is 3.06. The van der Waals surface area contributed by atoms with Gasteiger partial charge in [-0.3, -0.25) is 9.48 Å². The van der Waals surface area contributed by atoms with Crippen molar-refractivity contribution in [1.29, 1.82) is 0 Å². The summed E-state index contributed by atoms with van der Waals surface area (Å²) >= 11 is 0. The highest BCUT2D eigenvalue weighted by atomic mass is 35.5. The van der Waals surface area contributed by atoms with Crippen molar-refractivity contribution in [1.82, 2.24) is 20.4 Å². The third-order valence-corrected chi connectivity index (χ3v) is 3.06. The number of hydrogen-bond donors (Lipinski definition) is 2. The van der Waals surface area contributed by atoms with Crippen LogP contribution in [-0.4, -0.2) is 34.8 Å². The molecule has 0 spiro atoms. The first-order valence-electron chi connectivity index (χ1n) is 6.21. The molecular weight excluding hydrogens is 287 g/mol. The Labute approximate surface area is 126 Å². The van der Waals surface area contributed by atoms with Gasteiger partial charge in [-0.2, -0.15) is 5.10 Å². The number of aromatic nitrogens is 2. The zero-order valence-corrected chi connectivity index (χ0v) is 12.7. The molecule has 1 aliphatic heterocycles. The maximum Gasteiger partial charge on any atom is 0.220 e. The van der Waals surface area contributed by atoms with Gasteiger partial charge in [0.05, 0.1) is 6.54 Å². The molecule has 0 saturated carbocycles. The van der Waals surface area contributed by atoms with Crippen LogP contribution in [0.5, 0.6) is 0 Å². The van der Waals surface area contributed by atoms with Crippen molar-refractivity contribution >= 4 is 30.7 Å². The van der Waals surface area contributed by atoms with Gasteiger partial charge in [0.2, 0.25) is 5.91 Å². The van der Waals surface area contributed by atoms with E-state index < -0.39 is 0 Å². The molecule has 2 unspecified atom stereocenters. The van der Waals surface area contributed by atoms with Gasteiger partial charge in [0.1, 0.15) is 0 Å². The van der Waals surface area contributed by atoms with E-state index in [0.717, 1.165) is 26.1 Å². The van der Waals surface area contributed by atoms with E-state index in [-0.39, 0.29) is 36.8 Å². The number of hydrogen-bond acceptors (Lipinski definition) is 3. The topological polar surface area (TPSA) is 59.0 Å². The molecule has 5 nitrogen and oxygen atoms in total. The number of halogens is 2. The fraction of sp³-hybridized carbons (Fsp3) is 0.667. The quantitative estimate of drug-likeness (QED) is 0.860. The van der Waals surface area contributed by atoms with Crippen molar-refractivity contribution < 1.29 is 4.79 Å². The van der Waals surface area contributed by atoms with Crippen LogP contribution >= 0.6 is 24.8 Å². The molecule has 2 heterocycles. The number of carbonyl (C=O) groups is 1. The second-order valence-electron chi connectivity index (χ2n) is 4.76. The van der Waals surface area contributed by atoms with Crippen LogP contribution in [-0.2, 0) is 11.3 Å². The van der Waals surface area contributed by atoms with E-state index in [9.17, 15) is 4.79 Å². The van der Waals surface area contributed by atoms with Crippen LogP contribution in [0.15, 0.2) is 18.5 Å². The summed E-state index contributed by atoms with van der Waals surface area (Å²) in [7, 11) is 0. The molecule has 0 aliphatic carbocycles. The lowest BCUT2D eigenvalue weighted by atomic mass is 10.0. The van der Waals surface area contributed by atoms with Crippen LogP contribution in [0, 0.1) is 5.92 Å². The summed E-state index contributed by atoms with van der Waals surface area (Å²) < 4.78 is 1.84. The summed E-state index contributed by atoms with van der Waals surface area (Å²) in [5, 5.41) is 10.4. The lowest BCUT2D eigenvalue weighted by Crippen LogP contribution is -2.36. The molecular formula is C12H22Cl2N4O. The van der Waals surface area contributed by atoms with E-state index in [2.05, 4.69) is 15.7 Å². The maximum atomic E-state index is 11.8. The summed E-state index contributed by atoms with van der Waals surface area (Å²) in [5.41, 5.74) is 0. The van der Waals surface area contributed by atoms with E-state index in [4.69, 9.17) is 0 Å². The average molecular weight is 309 g/mol. The average Bonchev–Trinajstić information content (AvgIpc) is 2.90. The number of amides is 1. The normalized spacial score (nSPS) is 19.1. The van der Waals surface area contributed by atoms with Gasteiger partial charge in [-0.1, -0.05) is 0 Å². The molecule has 1 fully saturated rings. The fourth-order valence-corrected chi connectivity index (χ4v) is 2.22. The van der Waals surface area contributed by atoms with Crippen molar-refractivity contribution in [2.75, 3.05) is 13.1 Å². The highest BCUT2D eigenvalue weighted by molar-refractivity contribution is 5.85. The SMILES string of the molecule is CC(Cn1cccn1)NC(=O)CC1CCNC1.Cl.Cl. The van der Waals surface area contributed by atoms with Gasteiger partial charge < -0.3 is 10.6 Å². The predicted octanol–water partition coefficient (Wildman–Crippen LogP) is 1.23. The molecule has 1 saturated heterocycles. The van der Waals surface area contributed by atoms with Gasteiger partial charge >= 0.3 is 0 Å². The number of carbonyl (C=O) groups excluding carboxylic acids is 1. The third kappa shape index (κ3) is 6.27. The zero-order chi connectivity index (χ0) is 12.1. The van der Waals surface area contributed by atoms with Crippen LogP contribution in [0.25, 0.3) is 0 Å². The number of nitrogens with one attached hydrogen (secondary N) is 2. The van der Waals surface area contributed by atoms with Crippen molar-refractivity contribution in [2.45, 2.75) is 32.4 Å². The Bertz CT molecular complexity index is 353. The van der Waals surface area contributed by atoms with Crippen LogP contribution in [0.1, 0.15) is 19.8 Å². The van der Waals surface area contributed by atoms with Gasteiger partial charge in [-0.15, -0.1) is 24.8 Å². The lowest BCUT2D eigenvalue weighted by Gasteiger charge is -2.15. The minimum Gasteiger partial charge on any atom is -0.352 e. The van der Waals surface area contributed by atoms with Crippen molar-refractivity contribution in [3.8, 4) is 0 Å². The summed E-state index contributed by atoms with van der Waals surface area (Å²) in [5.74, 6) is 0.658. The molecule has 2 N–H and O–H groups in total. The minimum atomic E-state index is 0. The largest absolute Gasteiger partial charge is 0.352 e. The summed E-state index contributed by atoms with van der Waals surface area (Å²) in [6.07, 6.45) is 5.40. The first-order chi connectivity index (χ1) is 8.24. The highest BCUT2D eigenvalue weighted by Crippen LogP contribution is 2.11. The van der Waals surface area contributed by atoms with Crippen LogP contribution in [0.4, 0.5) is 0 Å². The van der Waals surface area contributed by atoms with E-state index in [1.54, 1.807) is 6.20 Å². The lowest BCUT2D eigenvalue weighted by molar-refractivity contribution is -0.122. The second-order valence-corrected chi connectivity index (χ2v) is 4.76. The predicted molar refractivity (Wildman–Crippen MR) is 79.9 cm³/mol. The molecule has 0 radical (unpaired) electrons. The van der Waals surface area contributed by atoms with E-state index >= 15 is 0 Å². The van der Waals surface area contributed by atoms with Crippen molar-refractivity contribution in [3.05, 3.63) is 18.5 Å². The van der Waals surface area contributed by atoms with Crippen LogP contribution in [0.3, 0.4) is 0 Å². The highest BCUT2D eigenvalue weighted by Gasteiger charge is 2.18. The van der Waals surface area contributed by atoms with Gasteiger partial charge in [0.25, 0.3) is 0 Å². The Morgan fingerprint density at radius 2 is 2.37 bits per heavy atom. The van der Waals surface area contributed by atoms with Crippen LogP contribution in [0.2, 0.25) is 0 Å². The van der Waals surface area contributed by atoms with E-state index in [1.807, 2.05) is 23.9 Å². The molecule has 7 heteroatoms. The molecule has 2 rings (SSSR count).